The first kappa shape index (κ1) is 13.8. The Morgan fingerprint density at radius 3 is 2.53 bits per heavy atom. The molecule has 94 valence electrons. The number of carbonyl (C=O) groups is 1. The van der Waals surface area contributed by atoms with Crippen molar-refractivity contribution >= 4 is 21.9 Å². The minimum atomic E-state index is -0.896. The summed E-state index contributed by atoms with van der Waals surface area (Å²) in [4.78, 5) is 10.9. The fourth-order valence-electron chi connectivity index (χ4n) is 1.85. The lowest BCUT2D eigenvalue weighted by Crippen LogP contribution is -2.23. The lowest BCUT2D eigenvalue weighted by molar-refractivity contribution is -0.138. The summed E-state index contributed by atoms with van der Waals surface area (Å²) in [6, 6.07) is 3.18. The zero-order valence-corrected chi connectivity index (χ0v) is 11.5. The topological polar surface area (TPSA) is 66.8 Å². The highest BCUT2D eigenvalue weighted by Gasteiger charge is 2.31. The van der Waals surface area contributed by atoms with Gasteiger partial charge in [0.1, 0.15) is 0 Å². The second-order valence-electron chi connectivity index (χ2n) is 4.43. The molecule has 0 saturated carbocycles. The maximum Gasteiger partial charge on any atom is 0.304 e. The van der Waals surface area contributed by atoms with Crippen LogP contribution in [0.4, 0.5) is 0 Å². The molecule has 0 spiro atoms. The molecule has 0 bridgehead atoms. The third-order valence-electron chi connectivity index (χ3n) is 2.56. The number of hydrogen-bond donors (Lipinski definition) is 2. The molecule has 5 heteroatoms. The fraction of sp³-hybridized carbons (Fsp3) is 0.417. The summed E-state index contributed by atoms with van der Waals surface area (Å²) < 4.78 is 5.87. The van der Waals surface area contributed by atoms with E-state index in [0.717, 1.165) is 4.47 Å². The molecule has 0 aliphatic rings. The number of halogens is 1. The molecule has 0 unspecified atom stereocenters. The second-order valence-corrected chi connectivity index (χ2v) is 5.28. The average Bonchev–Trinajstić information content (AvgIpc) is 2.18. The summed E-state index contributed by atoms with van der Waals surface area (Å²) in [6.07, 6.45) is -0.0502. The van der Waals surface area contributed by atoms with Crippen molar-refractivity contribution in [2.24, 2.45) is 0 Å². The van der Waals surface area contributed by atoms with Gasteiger partial charge in [-0.15, -0.1) is 0 Å². The number of aromatic hydroxyl groups is 1. The molecule has 1 aromatic carbocycles. The predicted molar refractivity (Wildman–Crippen MR) is 67.6 cm³/mol. The Kier molecular flexibility index (Phi) is 4.03. The summed E-state index contributed by atoms with van der Waals surface area (Å²) in [5.74, 6) is -0.581. The van der Waals surface area contributed by atoms with Crippen LogP contribution in [0.2, 0.25) is 0 Å². The molecular formula is C12H15BrO4. The number of ether oxygens (including phenoxy) is 1. The minimum Gasteiger partial charge on any atom is -0.504 e. The maximum absolute atomic E-state index is 10.9. The van der Waals surface area contributed by atoms with Crippen LogP contribution in [0.1, 0.15) is 25.8 Å². The summed E-state index contributed by atoms with van der Waals surface area (Å²) >= 11 is 3.36. The van der Waals surface area contributed by atoms with Gasteiger partial charge in [-0.25, -0.2) is 0 Å². The Balaban J connectivity index is 3.38. The van der Waals surface area contributed by atoms with Crippen LogP contribution in [-0.2, 0) is 10.2 Å². The lowest BCUT2D eigenvalue weighted by Gasteiger charge is -2.27. The Hall–Kier alpha value is -1.23. The number of phenols is 1. The molecule has 17 heavy (non-hydrogen) atoms. The SMILES string of the molecule is COc1c(O)ccc(Br)c1C(C)(C)CC(=O)O. The van der Waals surface area contributed by atoms with Gasteiger partial charge < -0.3 is 14.9 Å². The van der Waals surface area contributed by atoms with Crippen LogP contribution >= 0.6 is 15.9 Å². The van der Waals surface area contributed by atoms with Crippen molar-refractivity contribution in [1.82, 2.24) is 0 Å². The van der Waals surface area contributed by atoms with E-state index >= 15 is 0 Å². The Morgan fingerprint density at radius 2 is 2.06 bits per heavy atom. The Morgan fingerprint density at radius 1 is 1.47 bits per heavy atom. The molecule has 1 aromatic rings. The molecule has 0 heterocycles. The van der Waals surface area contributed by atoms with E-state index in [-0.39, 0.29) is 12.2 Å². The van der Waals surface area contributed by atoms with E-state index in [4.69, 9.17) is 9.84 Å². The molecule has 0 atom stereocenters. The monoisotopic (exact) mass is 302 g/mol. The Bertz CT molecular complexity index is 440. The van der Waals surface area contributed by atoms with Crippen molar-refractivity contribution in [3.05, 3.63) is 22.2 Å². The summed E-state index contributed by atoms with van der Waals surface area (Å²) in [5.41, 5.74) is 0.0109. The number of phenolic OH excluding ortho intramolecular Hbond substituents is 1. The van der Waals surface area contributed by atoms with Crippen molar-refractivity contribution in [1.29, 1.82) is 0 Å². The first-order valence-corrected chi connectivity index (χ1v) is 5.86. The van der Waals surface area contributed by atoms with Gasteiger partial charge in [0, 0.05) is 15.5 Å². The van der Waals surface area contributed by atoms with Gasteiger partial charge in [0.05, 0.1) is 13.5 Å². The third-order valence-corrected chi connectivity index (χ3v) is 3.22. The van der Waals surface area contributed by atoms with Gasteiger partial charge >= 0.3 is 5.97 Å². The smallest absolute Gasteiger partial charge is 0.304 e. The molecule has 0 aromatic heterocycles. The standard InChI is InChI=1S/C12H15BrO4/c1-12(2,6-9(15)16)10-7(13)4-5-8(14)11(10)17-3/h4-5,14H,6H2,1-3H3,(H,15,16). The van der Waals surface area contributed by atoms with E-state index in [1.54, 1.807) is 19.9 Å². The minimum absolute atomic E-state index is 0.00386. The normalized spacial score (nSPS) is 11.3. The van der Waals surface area contributed by atoms with Crippen LogP contribution in [0.15, 0.2) is 16.6 Å². The van der Waals surface area contributed by atoms with E-state index < -0.39 is 11.4 Å². The van der Waals surface area contributed by atoms with Crippen molar-refractivity contribution in [2.75, 3.05) is 7.11 Å². The van der Waals surface area contributed by atoms with E-state index in [1.807, 2.05) is 0 Å². The summed E-state index contributed by atoms with van der Waals surface area (Å²) in [6.45, 7) is 3.59. The van der Waals surface area contributed by atoms with Gasteiger partial charge in [0.15, 0.2) is 11.5 Å². The lowest BCUT2D eigenvalue weighted by atomic mass is 9.81. The molecule has 0 radical (unpaired) electrons. The molecule has 0 saturated heterocycles. The highest BCUT2D eigenvalue weighted by Crippen LogP contribution is 2.43. The van der Waals surface area contributed by atoms with E-state index in [9.17, 15) is 9.90 Å². The highest BCUT2D eigenvalue weighted by atomic mass is 79.9. The van der Waals surface area contributed by atoms with Gasteiger partial charge in [-0.05, 0) is 12.1 Å². The van der Waals surface area contributed by atoms with Gasteiger partial charge in [0.25, 0.3) is 0 Å². The fourth-order valence-corrected chi connectivity index (χ4v) is 2.70. The molecule has 4 nitrogen and oxygen atoms in total. The van der Waals surface area contributed by atoms with Crippen molar-refractivity contribution in [2.45, 2.75) is 25.7 Å². The number of rotatable bonds is 4. The number of aliphatic carboxylic acids is 1. The van der Waals surface area contributed by atoms with Crippen molar-refractivity contribution in [3.63, 3.8) is 0 Å². The average molecular weight is 303 g/mol. The van der Waals surface area contributed by atoms with Gasteiger partial charge in [-0.1, -0.05) is 29.8 Å². The zero-order valence-electron chi connectivity index (χ0n) is 9.95. The number of carboxylic acids is 1. The third kappa shape index (κ3) is 2.91. The molecule has 0 amide bonds. The largest absolute Gasteiger partial charge is 0.504 e. The van der Waals surface area contributed by atoms with Crippen LogP contribution < -0.4 is 4.74 Å². The molecule has 1 rings (SSSR count). The van der Waals surface area contributed by atoms with Crippen LogP contribution in [-0.4, -0.2) is 23.3 Å². The van der Waals surface area contributed by atoms with Crippen LogP contribution in [0.25, 0.3) is 0 Å². The maximum atomic E-state index is 10.9. The molecular weight excluding hydrogens is 288 g/mol. The number of hydrogen-bond acceptors (Lipinski definition) is 3. The van der Waals surface area contributed by atoms with Crippen LogP contribution in [0.5, 0.6) is 11.5 Å². The molecule has 0 aliphatic carbocycles. The first-order valence-electron chi connectivity index (χ1n) is 5.07. The van der Waals surface area contributed by atoms with Gasteiger partial charge in [-0.3, -0.25) is 4.79 Å². The van der Waals surface area contributed by atoms with Gasteiger partial charge in [0.2, 0.25) is 0 Å². The molecule has 0 fully saturated rings. The first-order chi connectivity index (χ1) is 7.79. The number of carboxylic acid groups (broad SMARTS) is 1. The van der Waals surface area contributed by atoms with Gasteiger partial charge in [-0.2, -0.15) is 0 Å². The predicted octanol–water partition coefficient (Wildman–Crippen LogP) is 2.92. The summed E-state index contributed by atoms with van der Waals surface area (Å²) in [7, 11) is 1.45. The zero-order chi connectivity index (χ0) is 13.2. The van der Waals surface area contributed by atoms with E-state index in [0.29, 0.717) is 11.3 Å². The van der Waals surface area contributed by atoms with Crippen molar-refractivity contribution in [3.8, 4) is 11.5 Å². The quantitative estimate of drug-likeness (QED) is 0.897. The summed E-state index contributed by atoms with van der Waals surface area (Å²) in [5, 5.41) is 18.6. The van der Waals surface area contributed by atoms with Crippen molar-refractivity contribution < 1.29 is 19.7 Å². The van der Waals surface area contributed by atoms with E-state index in [1.165, 1.54) is 13.2 Å². The van der Waals surface area contributed by atoms with E-state index in [2.05, 4.69) is 15.9 Å². The van der Waals surface area contributed by atoms with Crippen LogP contribution in [0, 0.1) is 0 Å². The number of methoxy groups -OCH3 is 1. The highest BCUT2D eigenvalue weighted by molar-refractivity contribution is 9.10. The number of benzene rings is 1. The Labute approximate surface area is 108 Å². The molecule has 0 aliphatic heterocycles. The molecule has 2 N–H and O–H groups in total. The van der Waals surface area contributed by atoms with Crippen LogP contribution in [0.3, 0.4) is 0 Å². The second kappa shape index (κ2) is 4.96.